The van der Waals surface area contributed by atoms with Gasteiger partial charge in [0, 0.05) is 118 Å². The third kappa shape index (κ3) is 29.8. The number of amides is 16. The highest BCUT2D eigenvalue weighted by atomic mass is 32.2. The van der Waals surface area contributed by atoms with E-state index in [4.69, 9.17) is 11.5 Å². The second-order valence-electron chi connectivity index (χ2n) is 33.6. The van der Waals surface area contributed by atoms with E-state index in [0.717, 1.165) is 26.5 Å². The largest absolute Gasteiger partial charge is 0.394 e. The van der Waals surface area contributed by atoms with Crippen molar-refractivity contribution in [2.75, 3.05) is 65.9 Å². The summed E-state index contributed by atoms with van der Waals surface area (Å²) in [6.45, 7) is 8.10. The number of imidazole rings is 1. The van der Waals surface area contributed by atoms with E-state index in [9.17, 15) is 62.6 Å². The molecule has 2 aliphatic rings. The molecular formula is C91H130N20O18S. The van der Waals surface area contributed by atoms with E-state index < -0.39 is 217 Å². The quantitative estimate of drug-likeness (QED) is 0.0386. The number of carbonyl (C=O) groups excluding carboxylic acids is 17. The Bertz CT molecular complexity index is 4910. The lowest BCUT2D eigenvalue weighted by atomic mass is 9.92. The predicted molar refractivity (Wildman–Crippen MR) is 488 cm³/mol. The van der Waals surface area contributed by atoms with Gasteiger partial charge in [0.25, 0.3) is 0 Å². The number of aromatic amines is 3. The Kier molecular flexibility index (Phi) is 41.0. The second kappa shape index (κ2) is 51.0. The minimum Gasteiger partial charge on any atom is -0.394 e. The van der Waals surface area contributed by atoms with Crippen molar-refractivity contribution < 1.29 is 86.6 Å². The molecule has 6 aromatic rings. The Labute approximate surface area is 761 Å². The van der Waals surface area contributed by atoms with Crippen molar-refractivity contribution in [3.8, 4) is 0 Å². The molecule has 0 bridgehead atoms. The number of thioether (sulfide) groups is 1. The summed E-state index contributed by atoms with van der Waals surface area (Å²) >= 11 is 0.838. The summed E-state index contributed by atoms with van der Waals surface area (Å²) in [5.74, 6) is -16.9. The fourth-order valence-electron chi connectivity index (χ4n) is 15.9. The van der Waals surface area contributed by atoms with Gasteiger partial charge in [-0.3, -0.25) is 81.5 Å². The molecule has 0 radical (unpaired) electrons. The molecule has 17 N–H and O–H groups in total. The maximum absolute atomic E-state index is 15.7. The molecule has 13 atom stereocenters. The molecule has 0 unspecified atom stereocenters. The maximum Gasteiger partial charge on any atom is 0.246 e. The topological polar surface area (TPSA) is 547 Å². The lowest BCUT2D eigenvalue weighted by Crippen LogP contribution is -2.60. The Morgan fingerprint density at radius 1 is 0.546 bits per heavy atom. The molecule has 3 aromatic carbocycles. The molecule has 3 aromatic heterocycles. The van der Waals surface area contributed by atoms with Gasteiger partial charge < -0.3 is 104 Å². The van der Waals surface area contributed by atoms with Gasteiger partial charge in [-0.25, -0.2) is 4.98 Å². The van der Waals surface area contributed by atoms with Gasteiger partial charge in [0.2, 0.25) is 94.5 Å². The number of aromatic nitrogens is 4. The Balaban J connectivity index is 0.0000231. The van der Waals surface area contributed by atoms with Crippen molar-refractivity contribution in [3.63, 3.8) is 0 Å². The van der Waals surface area contributed by atoms with Crippen molar-refractivity contribution in [1.29, 1.82) is 0 Å². The highest BCUT2D eigenvalue weighted by molar-refractivity contribution is 8.00. The lowest BCUT2D eigenvalue weighted by molar-refractivity contribution is -0.149. The Hall–Kier alpha value is -12.6. The van der Waals surface area contributed by atoms with Crippen molar-refractivity contribution in [3.05, 3.63) is 126 Å². The molecule has 2 fully saturated rings. The smallest absolute Gasteiger partial charge is 0.246 e. The van der Waals surface area contributed by atoms with Gasteiger partial charge in [0.15, 0.2) is 5.78 Å². The normalized spacial score (nSPS) is 23.7. The van der Waals surface area contributed by atoms with Crippen LogP contribution in [0.25, 0.3) is 21.8 Å². The molecule has 130 heavy (non-hydrogen) atoms. The second-order valence-corrected chi connectivity index (χ2v) is 34.7. The summed E-state index contributed by atoms with van der Waals surface area (Å²) in [5, 5.41) is 36.7. The number of aliphatic hydroxyl groups excluding tert-OH is 1. The van der Waals surface area contributed by atoms with Crippen molar-refractivity contribution >= 4 is 134 Å². The SMILES string of the molecule is C.CCCC[C@@H]1NC(=O)[C@H](CCCC)N(C)C(=O)[C@H](CCCC)N(C)C(=O)[C@H](Cc2c[nH]c3ccccc23)NC(=O)[C@H](CO)NC(=O)[C@H](Cc2c[nH]c3ccccc23)CC(=O)CN(C)C(=O)[C@H](CC(C)C)NC(=O)[C@H](Cc2cnc[nH]2)NC(=O)[C@@H]2CCCN2C(=O)[C@H](CC(N)=O)NC(=O)[C@H](C)N(C)C(=O)[C@H](Cc2ccccc2)NC(=O)CSC[C@@H](C(=O)NCC(N)=O)NC1=O. The minimum atomic E-state index is -1.79. The first-order valence-electron chi connectivity index (χ1n) is 44.0. The van der Waals surface area contributed by atoms with Gasteiger partial charge >= 0.3 is 0 Å². The molecule has 16 amide bonds. The molecule has 39 heteroatoms. The zero-order chi connectivity index (χ0) is 94.3. The van der Waals surface area contributed by atoms with Gasteiger partial charge in [-0.1, -0.05) is 147 Å². The van der Waals surface area contributed by atoms with E-state index in [1.165, 1.54) is 57.4 Å². The minimum absolute atomic E-state index is 0. The predicted octanol–water partition coefficient (Wildman–Crippen LogP) is 1.52. The van der Waals surface area contributed by atoms with Gasteiger partial charge in [0.1, 0.15) is 72.5 Å². The van der Waals surface area contributed by atoms with Gasteiger partial charge in [-0.05, 0) is 86.6 Å². The first-order chi connectivity index (χ1) is 61.6. The molecule has 0 spiro atoms. The fraction of sp³-hybridized carbons (Fsp3) is 0.538. The third-order valence-electron chi connectivity index (χ3n) is 23.3. The standard InChI is InChI=1S/C90H126N20O18S.CH4/c1-11-14-29-64-81(119)105-71(80(118)96-46-76(92)114)49-129-50-77(115)98-67(37-54-25-18-17-19-26-54)87(125)107(8)53(6)78(116)101-69(42-75(91)113)89(127)110-35-24-34-73(110)85(123)100-65(41-58-45-93-51-97-58)82(120)102-66(36-52(4)5)86(124)106(7)47-59(112)39-55(38-56-43-94-62-30-22-20-27-60(56)62)79(117)104-70(48-111)83(121)103-68(40-57-44-95-63-31-23-21-28-61(57)63)88(126)109(10)74(33-16-13-3)90(128)108(9)72(32-15-12-2)84(122)99-64;/h17-23,25-28,30-31,43-45,51-53,55,64-74,94-95,111H,11-16,24,29,32-42,46-50H2,1-10H3,(H2,91,113)(H2,92,114)(H,93,97)(H,96,118)(H,98,115)(H,99,122)(H,100,123)(H,101,116)(H,102,120)(H,103,121)(H,104,117)(H,105,119);1H4/t53-,55+,64-,65-,66-,67-,68-,69-,70-,71-,72-,73-,74-;/m0./s1. The number of para-hydroxylation sites is 2. The Morgan fingerprint density at radius 2 is 1.09 bits per heavy atom. The van der Waals surface area contributed by atoms with Crippen LogP contribution in [0, 0.1) is 11.8 Å². The molecule has 8 rings (SSSR count). The number of likely N-dealkylation sites (N-methyl/N-ethyl adjacent to an activating group) is 4. The summed E-state index contributed by atoms with van der Waals surface area (Å²) in [4.78, 5) is 267. The fourth-order valence-corrected chi connectivity index (χ4v) is 16.8. The molecule has 0 aliphatic carbocycles. The summed E-state index contributed by atoms with van der Waals surface area (Å²) in [6, 6.07) is 5.37. The van der Waals surface area contributed by atoms with Crippen molar-refractivity contribution in [2.24, 2.45) is 23.3 Å². The highest BCUT2D eigenvalue weighted by Crippen LogP contribution is 2.27. The third-order valence-corrected chi connectivity index (χ3v) is 24.3. The number of aliphatic hydroxyl groups is 1. The van der Waals surface area contributed by atoms with Crippen LogP contribution in [0.15, 0.2) is 104 Å². The van der Waals surface area contributed by atoms with E-state index in [1.807, 2.05) is 20.8 Å². The number of ketones is 1. The summed E-state index contributed by atoms with van der Waals surface area (Å²) in [5.41, 5.74) is 14.6. The number of Topliss-reactive ketones (excluding diaryl/α,β-unsaturated/α-hetero) is 1. The number of nitrogens with one attached hydrogen (secondary N) is 12. The number of hydrogen-bond acceptors (Lipinski definition) is 20. The number of unbranched alkanes of at least 4 members (excludes halogenated alkanes) is 3. The van der Waals surface area contributed by atoms with Crippen LogP contribution < -0.4 is 59.3 Å². The number of benzene rings is 3. The van der Waals surface area contributed by atoms with Crippen LogP contribution >= 0.6 is 11.8 Å². The van der Waals surface area contributed by atoms with E-state index >= 15 is 24.0 Å². The zero-order valence-electron chi connectivity index (χ0n) is 75.0. The van der Waals surface area contributed by atoms with Gasteiger partial charge in [0.05, 0.1) is 38.2 Å². The molecule has 2 aliphatic heterocycles. The van der Waals surface area contributed by atoms with Crippen molar-refractivity contribution in [1.82, 2.24) is 92.3 Å². The van der Waals surface area contributed by atoms with Crippen molar-refractivity contribution in [2.45, 2.75) is 237 Å². The number of nitrogens with two attached hydrogens (primary N) is 2. The van der Waals surface area contributed by atoms with Gasteiger partial charge in [-0.15, -0.1) is 11.8 Å². The number of nitrogens with zero attached hydrogens (tertiary/aromatic N) is 6. The zero-order valence-corrected chi connectivity index (χ0v) is 75.8. The average Bonchev–Trinajstić information content (AvgIpc) is 1.69. The van der Waals surface area contributed by atoms with Crippen LogP contribution in [-0.4, -0.2) is 288 Å². The summed E-state index contributed by atoms with van der Waals surface area (Å²) in [6.07, 6.45) is 7.13. The molecule has 2 saturated heterocycles. The number of rotatable bonds is 25. The number of H-pyrrole nitrogens is 3. The average molecular weight is 1820 g/mol. The number of hydrogen-bond donors (Lipinski definition) is 15. The van der Waals surface area contributed by atoms with Crippen LogP contribution in [0.2, 0.25) is 0 Å². The number of primary amides is 2. The highest BCUT2D eigenvalue weighted by Gasteiger charge is 2.44. The monoisotopic (exact) mass is 1820 g/mol. The summed E-state index contributed by atoms with van der Waals surface area (Å²) in [7, 11) is 5.39. The maximum atomic E-state index is 15.7. The van der Waals surface area contributed by atoms with E-state index in [2.05, 4.69) is 67.8 Å². The van der Waals surface area contributed by atoms with Crippen LogP contribution in [0.5, 0.6) is 0 Å². The molecule has 5 heterocycles. The van der Waals surface area contributed by atoms with E-state index in [0.29, 0.717) is 82.7 Å². The molecule has 38 nitrogen and oxygen atoms in total. The molecule has 0 saturated carbocycles. The van der Waals surface area contributed by atoms with E-state index in [-0.39, 0.29) is 89.9 Å². The number of fused-ring (bicyclic) bond motifs is 3. The van der Waals surface area contributed by atoms with Gasteiger partial charge in [-0.2, -0.15) is 0 Å². The van der Waals surface area contributed by atoms with Crippen LogP contribution in [0.4, 0.5) is 0 Å². The lowest BCUT2D eigenvalue weighted by Gasteiger charge is -2.36. The summed E-state index contributed by atoms with van der Waals surface area (Å²) < 4.78 is 0. The molecule has 708 valence electrons. The molecular weight excluding hydrogens is 1690 g/mol. The Morgan fingerprint density at radius 3 is 1.70 bits per heavy atom. The van der Waals surface area contributed by atoms with Crippen LogP contribution in [0.3, 0.4) is 0 Å². The van der Waals surface area contributed by atoms with E-state index in [1.54, 1.807) is 105 Å². The van der Waals surface area contributed by atoms with Crippen LogP contribution in [0.1, 0.15) is 161 Å². The van der Waals surface area contributed by atoms with Crippen LogP contribution in [-0.2, 0) is 107 Å². The number of carbonyl (C=O) groups is 17. The first-order valence-corrected chi connectivity index (χ1v) is 45.1. The first kappa shape index (κ1) is 105.